The van der Waals surface area contributed by atoms with Gasteiger partial charge in [0.25, 0.3) is 5.89 Å². The van der Waals surface area contributed by atoms with Crippen LogP contribution >= 0.6 is 0 Å². The number of para-hydroxylation sites is 2. The molecule has 1 aromatic carbocycles. The molecule has 2 N–H and O–H groups in total. The molecule has 0 spiro atoms. The predicted octanol–water partition coefficient (Wildman–Crippen LogP) is 0.763. The molecule has 2 atom stereocenters. The third-order valence-corrected chi connectivity index (χ3v) is 3.77. The van der Waals surface area contributed by atoms with E-state index in [1.165, 1.54) is 0 Å². The number of ether oxygens (including phenoxy) is 2. The molecule has 2 aliphatic heterocycles. The smallest absolute Gasteiger partial charge is 0.260 e. The third kappa shape index (κ3) is 2.14. The molecule has 110 valence electrons. The normalized spacial score (nSPS) is 27.8. The highest BCUT2D eigenvalue weighted by Crippen LogP contribution is 2.35. The van der Waals surface area contributed by atoms with Crippen LogP contribution in [-0.2, 0) is 5.60 Å². The Morgan fingerprint density at radius 1 is 1.29 bits per heavy atom. The molecule has 0 amide bonds. The highest BCUT2D eigenvalue weighted by molar-refractivity contribution is 5.40. The molecule has 4 rings (SSSR count). The Morgan fingerprint density at radius 2 is 2.14 bits per heavy atom. The number of fused-ring (bicyclic) bond motifs is 1. The number of nitrogens with zero attached hydrogens (tertiary/aromatic N) is 2. The van der Waals surface area contributed by atoms with Gasteiger partial charge in [-0.05, 0) is 25.1 Å². The maximum absolute atomic E-state index is 10.4. The number of aromatic nitrogens is 2. The largest absolute Gasteiger partial charge is 0.485 e. The van der Waals surface area contributed by atoms with Crippen molar-refractivity contribution >= 4 is 0 Å². The van der Waals surface area contributed by atoms with Crippen LogP contribution in [0.25, 0.3) is 0 Å². The number of aliphatic hydroxyl groups is 1. The summed E-state index contributed by atoms with van der Waals surface area (Å²) in [5.74, 6) is 1.97. The Bertz CT molecular complexity index is 651. The fourth-order valence-electron chi connectivity index (χ4n) is 2.56. The quantitative estimate of drug-likeness (QED) is 0.843. The summed E-state index contributed by atoms with van der Waals surface area (Å²) in [7, 11) is 0. The lowest BCUT2D eigenvalue weighted by atomic mass is 10.0. The number of nitrogens with one attached hydrogen (secondary N) is 1. The number of hydrogen-bond acceptors (Lipinski definition) is 7. The van der Waals surface area contributed by atoms with Gasteiger partial charge < -0.3 is 24.4 Å². The number of β-amino-alcohol motifs (C(OH)–C–C–N with tert-alkyl or cyclic N) is 1. The van der Waals surface area contributed by atoms with Crippen molar-refractivity contribution in [3.8, 4) is 11.5 Å². The molecule has 7 heteroatoms. The lowest BCUT2D eigenvalue weighted by Gasteiger charge is -2.24. The van der Waals surface area contributed by atoms with Gasteiger partial charge in [-0.1, -0.05) is 17.3 Å². The van der Waals surface area contributed by atoms with Gasteiger partial charge in [0.2, 0.25) is 5.82 Å². The summed E-state index contributed by atoms with van der Waals surface area (Å²) < 4.78 is 16.7. The lowest BCUT2D eigenvalue weighted by Crippen LogP contribution is -2.29. The zero-order valence-electron chi connectivity index (χ0n) is 11.3. The molecular formula is C14H15N3O4. The molecule has 7 nitrogen and oxygen atoms in total. The Balaban J connectivity index is 1.57. The summed E-state index contributed by atoms with van der Waals surface area (Å²) >= 11 is 0. The summed E-state index contributed by atoms with van der Waals surface area (Å²) in [6, 6.07) is 7.44. The van der Waals surface area contributed by atoms with Gasteiger partial charge in [0.1, 0.15) is 6.61 Å². The summed E-state index contributed by atoms with van der Waals surface area (Å²) in [4.78, 5) is 4.29. The van der Waals surface area contributed by atoms with Crippen LogP contribution in [0, 0.1) is 0 Å². The molecule has 21 heavy (non-hydrogen) atoms. The van der Waals surface area contributed by atoms with Crippen molar-refractivity contribution in [2.45, 2.75) is 18.1 Å². The Hall–Kier alpha value is -2.12. The van der Waals surface area contributed by atoms with E-state index in [1.807, 2.05) is 24.3 Å². The van der Waals surface area contributed by atoms with Gasteiger partial charge in [0, 0.05) is 6.54 Å². The zero-order chi connectivity index (χ0) is 14.3. The van der Waals surface area contributed by atoms with E-state index in [4.69, 9.17) is 14.0 Å². The fourth-order valence-corrected chi connectivity index (χ4v) is 2.56. The van der Waals surface area contributed by atoms with Crippen LogP contribution in [0.5, 0.6) is 11.5 Å². The van der Waals surface area contributed by atoms with E-state index in [0.29, 0.717) is 36.9 Å². The first-order valence-corrected chi connectivity index (χ1v) is 6.90. The maximum Gasteiger partial charge on any atom is 0.260 e. The molecule has 0 saturated carbocycles. The third-order valence-electron chi connectivity index (χ3n) is 3.77. The first kappa shape index (κ1) is 12.6. The van der Waals surface area contributed by atoms with Gasteiger partial charge >= 0.3 is 0 Å². The summed E-state index contributed by atoms with van der Waals surface area (Å²) in [6.07, 6.45) is 0.120. The summed E-state index contributed by atoms with van der Waals surface area (Å²) in [5.41, 5.74) is -1.08. The highest BCUT2D eigenvalue weighted by Gasteiger charge is 2.40. The van der Waals surface area contributed by atoms with Crippen LogP contribution < -0.4 is 14.8 Å². The van der Waals surface area contributed by atoms with Crippen molar-refractivity contribution < 1.29 is 19.1 Å². The van der Waals surface area contributed by atoms with Crippen LogP contribution in [0.4, 0.5) is 0 Å². The van der Waals surface area contributed by atoms with Gasteiger partial charge in [-0.15, -0.1) is 0 Å². The standard InChI is InChI=1S/C14H15N3O4/c18-14(5-6-15-8-14)13-16-12(17-21-13)11-7-19-9-3-1-2-4-10(9)20-11/h1-4,11,15,18H,5-8H2. The molecule has 2 unspecified atom stereocenters. The number of benzene rings is 1. The van der Waals surface area contributed by atoms with Crippen molar-refractivity contribution in [1.82, 2.24) is 15.5 Å². The first-order valence-electron chi connectivity index (χ1n) is 6.90. The fraction of sp³-hybridized carbons (Fsp3) is 0.429. The lowest BCUT2D eigenvalue weighted by molar-refractivity contribution is 0.0242. The van der Waals surface area contributed by atoms with Crippen LogP contribution in [0.2, 0.25) is 0 Å². The maximum atomic E-state index is 10.4. The Morgan fingerprint density at radius 3 is 2.95 bits per heavy atom. The minimum Gasteiger partial charge on any atom is -0.485 e. The van der Waals surface area contributed by atoms with Crippen LogP contribution in [0.15, 0.2) is 28.8 Å². The van der Waals surface area contributed by atoms with E-state index in [-0.39, 0.29) is 5.89 Å². The Kier molecular flexibility index (Phi) is 2.83. The molecule has 0 bridgehead atoms. The van der Waals surface area contributed by atoms with Gasteiger partial charge in [0.05, 0.1) is 0 Å². The van der Waals surface area contributed by atoms with Crippen LogP contribution in [0.3, 0.4) is 0 Å². The SMILES string of the molecule is OC1(c2nc(C3COc4ccccc4O3)no2)CCNC1. The minimum atomic E-state index is -1.08. The predicted molar refractivity (Wildman–Crippen MR) is 71.0 cm³/mol. The van der Waals surface area contributed by atoms with Crippen molar-refractivity contribution in [3.05, 3.63) is 36.0 Å². The topological polar surface area (TPSA) is 89.6 Å². The van der Waals surface area contributed by atoms with Gasteiger partial charge in [-0.3, -0.25) is 0 Å². The molecule has 3 heterocycles. The monoisotopic (exact) mass is 289 g/mol. The van der Waals surface area contributed by atoms with E-state index in [0.717, 1.165) is 6.54 Å². The first-order chi connectivity index (χ1) is 10.2. The average Bonchev–Trinajstić information content (AvgIpc) is 3.17. The van der Waals surface area contributed by atoms with E-state index in [1.54, 1.807) is 0 Å². The molecule has 2 aliphatic rings. The number of hydrogen-bond donors (Lipinski definition) is 2. The van der Waals surface area contributed by atoms with Crippen LogP contribution in [0.1, 0.15) is 24.2 Å². The summed E-state index contributed by atoms with van der Waals surface area (Å²) in [6.45, 7) is 1.46. The second-order valence-electron chi connectivity index (χ2n) is 5.28. The molecule has 0 radical (unpaired) electrons. The molecule has 1 fully saturated rings. The van der Waals surface area contributed by atoms with Gasteiger partial charge in [-0.25, -0.2) is 0 Å². The van der Waals surface area contributed by atoms with E-state index < -0.39 is 11.7 Å². The second kappa shape index (κ2) is 4.71. The van der Waals surface area contributed by atoms with Crippen molar-refractivity contribution in [1.29, 1.82) is 0 Å². The summed E-state index contributed by atoms with van der Waals surface area (Å²) in [5, 5.41) is 17.4. The molecule has 1 aromatic heterocycles. The Labute approximate surface area is 120 Å². The van der Waals surface area contributed by atoms with Crippen molar-refractivity contribution in [2.24, 2.45) is 0 Å². The minimum absolute atomic E-state index is 0.227. The number of rotatable bonds is 2. The van der Waals surface area contributed by atoms with E-state index in [2.05, 4.69) is 15.5 Å². The van der Waals surface area contributed by atoms with E-state index in [9.17, 15) is 5.11 Å². The molecule has 2 aromatic rings. The molecule has 1 saturated heterocycles. The zero-order valence-corrected chi connectivity index (χ0v) is 11.3. The average molecular weight is 289 g/mol. The molecular weight excluding hydrogens is 274 g/mol. The van der Waals surface area contributed by atoms with Crippen molar-refractivity contribution in [3.63, 3.8) is 0 Å². The van der Waals surface area contributed by atoms with Gasteiger partial charge in [-0.2, -0.15) is 4.98 Å². The second-order valence-corrected chi connectivity index (χ2v) is 5.28. The highest BCUT2D eigenvalue weighted by atomic mass is 16.6. The van der Waals surface area contributed by atoms with E-state index >= 15 is 0 Å². The van der Waals surface area contributed by atoms with Gasteiger partial charge in [0.15, 0.2) is 23.2 Å². The van der Waals surface area contributed by atoms with Crippen LogP contribution in [-0.4, -0.2) is 34.9 Å². The van der Waals surface area contributed by atoms with Crippen molar-refractivity contribution in [2.75, 3.05) is 19.7 Å². The molecule has 0 aliphatic carbocycles.